The monoisotopic (exact) mass is 436 g/mol. The predicted molar refractivity (Wildman–Crippen MR) is 117 cm³/mol. The Balaban J connectivity index is 1.65. The van der Waals surface area contributed by atoms with Crippen molar-refractivity contribution >= 4 is 44.1 Å². The summed E-state index contributed by atoms with van der Waals surface area (Å²) in [6.45, 7) is 3.13. The van der Waals surface area contributed by atoms with Gasteiger partial charge in [0, 0.05) is 16.0 Å². The SMILES string of the molecule is CCOc1ccc(N(Cc2ccccc2Cl)C2=N[C@H]3CS(=O)(=O)C[C@@H]3S2)cc1. The van der Waals surface area contributed by atoms with Crippen molar-refractivity contribution in [3.05, 3.63) is 59.1 Å². The number of rotatable bonds is 5. The zero-order valence-corrected chi connectivity index (χ0v) is 17.8. The molecule has 0 saturated carbocycles. The van der Waals surface area contributed by atoms with Gasteiger partial charge in [0.25, 0.3) is 0 Å². The smallest absolute Gasteiger partial charge is 0.164 e. The largest absolute Gasteiger partial charge is 0.494 e. The van der Waals surface area contributed by atoms with E-state index in [2.05, 4.69) is 4.90 Å². The molecule has 1 fully saturated rings. The number of sulfone groups is 1. The zero-order valence-electron chi connectivity index (χ0n) is 15.4. The highest BCUT2D eigenvalue weighted by molar-refractivity contribution is 8.15. The first-order chi connectivity index (χ1) is 13.4. The van der Waals surface area contributed by atoms with E-state index in [9.17, 15) is 8.42 Å². The standard InChI is InChI=1S/C20H21ClN2O3S2/c1-2-26-16-9-7-15(8-10-16)23(11-14-5-3-4-6-17(14)21)20-22-18-12-28(24,25)13-19(18)27-20/h3-10,18-19H,2,11-13H2,1H3/t18-,19-/m0/s1. The maximum Gasteiger partial charge on any atom is 0.164 e. The van der Waals surface area contributed by atoms with E-state index in [1.165, 1.54) is 0 Å². The number of nitrogens with zero attached hydrogens (tertiary/aromatic N) is 2. The molecule has 28 heavy (non-hydrogen) atoms. The Morgan fingerprint density at radius 1 is 1.18 bits per heavy atom. The molecule has 2 aromatic carbocycles. The highest BCUT2D eigenvalue weighted by atomic mass is 35.5. The first-order valence-electron chi connectivity index (χ1n) is 9.14. The van der Waals surface area contributed by atoms with Gasteiger partial charge in [-0.2, -0.15) is 0 Å². The summed E-state index contributed by atoms with van der Waals surface area (Å²) in [6.07, 6.45) is 0. The molecule has 0 aromatic heterocycles. The van der Waals surface area contributed by atoms with Crippen LogP contribution in [0.2, 0.25) is 5.02 Å². The normalized spacial score (nSPS) is 22.6. The van der Waals surface area contributed by atoms with Crippen LogP contribution in [0.15, 0.2) is 53.5 Å². The lowest BCUT2D eigenvalue weighted by atomic mass is 10.2. The van der Waals surface area contributed by atoms with E-state index in [1.807, 2.05) is 55.5 Å². The third kappa shape index (κ3) is 4.16. The molecule has 1 saturated heterocycles. The lowest BCUT2D eigenvalue weighted by Crippen LogP contribution is -2.28. The van der Waals surface area contributed by atoms with Gasteiger partial charge in [-0.15, -0.1) is 0 Å². The Kier molecular flexibility index (Phi) is 5.58. The molecule has 2 aliphatic heterocycles. The minimum atomic E-state index is -2.98. The zero-order chi connectivity index (χ0) is 19.7. The van der Waals surface area contributed by atoms with Crippen LogP contribution in [-0.2, 0) is 16.4 Å². The van der Waals surface area contributed by atoms with Crippen LogP contribution in [-0.4, -0.2) is 43.0 Å². The number of aliphatic imine (C=N–C) groups is 1. The van der Waals surface area contributed by atoms with Crippen molar-refractivity contribution in [3.63, 3.8) is 0 Å². The summed E-state index contributed by atoms with van der Waals surface area (Å²) in [5.74, 6) is 1.14. The van der Waals surface area contributed by atoms with Gasteiger partial charge in [-0.3, -0.25) is 4.99 Å². The van der Waals surface area contributed by atoms with Crippen molar-refractivity contribution in [2.45, 2.75) is 24.8 Å². The van der Waals surface area contributed by atoms with Crippen molar-refractivity contribution in [2.24, 2.45) is 4.99 Å². The van der Waals surface area contributed by atoms with Gasteiger partial charge in [-0.05, 0) is 42.8 Å². The summed E-state index contributed by atoms with van der Waals surface area (Å²) in [5, 5.41) is 1.54. The van der Waals surface area contributed by atoms with Crippen LogP contribution >= 0.6 is 23.4 Å². The highest BCUT2D eigenvalue weighted by Gasteiger charge is 2.44. The van der Waals surface area contributed by atoms with Gasteiger partial charge in [0.2, 0.25) is 0 Å². The second-order valence-electron chi connectivity index (χ2n) is 6.82. The molecule has 0 radical (unpaired) electrons. The Hall–Kier alpha value is -1.70. The fraction of sp³-hybridized carbons (Fsp3) is 0.350. The van der Waals surface area contributed by atoms with Gasteiger partial charge >= 0.3 is 0 Å². The summed E-state index contributed by atoms with van der Waals surface area (Å²) in [7, 11) is -2.98. The van der Waals surface area contributed by atoms with Gasteiger partial charge in [0.1, 0.15) is 5.75 Å². The number of hydrogen-bond acceptors (Lipinski definition) is 6. The topological polar surface area (TPSA) is 59.0 Å². The lowest BCUT2D eigenvalue weighted by Gasteiger charge is -2.25. The van der Waals surface area contributed by atoms with Crippen molar-refractivity contribution in [1.29, 1.82) is 0 Å². The minimum absolute atomic E-state index is 0.00329. The number of hydrogen-bond donors (Lipinski definition) is 0. The Morgan fingerprint density at radius 3 is 2.61 bits per heavy atom. The molecule has 2 aromatic rings. The number of fused-ring (bicyclic) bond motifs is 1. The van der Waals surface area contributed by atoms with Crippen molar-refractivity contribution in [1.82, 2.24) is 0 Å². The van der Waals surface area contributed by atoms with Gasteiger partial charge in [0.05, 0.1) is 30.7 Å². The highest BCUT2D eigenvalue weighted by Crippen LogP contribution is 2.38. The molecule has 2 heterocycles. The van der Waals surface area contributed by atoms with Crippen LogP contribution in [0.25, 0.3) is 0 Å². The minimum Gasteiger partial charge on any atom is -0.494 e. The van der Waals surface area contributed by atoms with Crippen molar-refractivity contribution in [2.75, 3.05) is 23.0 Å². The summed E-state index contributed by atoms with van der Waals surface area (Å²) in [5.41, 5.74) is 1.96. The van der Waals surface area contributed by atoms with Gasteiger partial charge in [0.15, 0.2) is 15.0 Å². The summed E-state index contributed by atoms with van der Waals surface area (Å²) in [6, 6.07) is 15.4. The van der Waals surface area contributed by atoms with Gasteiger partial charge in [-0.25, -0.2) is 8.42 Å². The average Bonchev–Trinajstić information content (AvgIpc) is 3.15. The second kappa shape index (κ2) is 7.97. The van der Waals surface area contributed by atoms with Gasteiger partial charge in [-0.1, -0.05) is 41.6 Å². The molecule has 2 atom stereocenters. The molecule has 2 aliphatic rings. The second-order valence-corrected chi connectivity index (χ2v) is 10.6. The quantitative estimate of drug-likeness (QED) is 0.708. The van der Waals surface area contributed by atoms with Crippen LogP contribution in [0.1, 0.15) is 12.5 Å². The number of ether oxygens (including phenoxy) is 1. The van der Waals surface area contributed by atoms with Crippen LogP contribution in [0.5, 0.6) is 5.75 Å². The van der Waals surface area contributed by atoms with E-state index < -0.39 is 9.84 Å². The molecular weight excluding hydrogens is 416 g/mol. The number of benzene rings is 2. The first-order valence-corrected chi connectivity index (χ1v) is 12.2. The average molecular weight is 437 g/mol. The molecule has 148 valence electrons. The van der Waals surface area contributed by atoms with Crippen LogP contribution in [0.3, 0.4) is 0 Å². The molecule has 0 spiro atoms. The molecule has 5 nitrogen and oxygen atoms in total. The Bertz CT molecular complexity index is 993. The molecule has 4 rings (SSSR count). The van der Waals surface area contributed by atoms with Crippen LogP contribution in [0.4, 0.5) is 5.69 Å². The van der Waals surface area contributed by atoms with Crippen molar-refractivity contribution < 1.29 is 13.2 Å². The number of anilines is 1. The van der Waals surface area contributed by atoms with Gasteiger partial charge < -0.3 is 9.64 Å². The van der Waals surface area contributed by atoms with E-state index in [1.54, 1.807) is 11.8 Å². The fourth-order valence-corrected chi connectivity index (χ4v) is 7.40. The maximum atomic E-state index is 11.9. The fourth-order valence-electron chi connectivity index (χ4n) is 3.43. The molecule has 0 bridgehead atoms. The number of thioether (sulfide) groups is 1. The Labute approximate surface area is 174 Å². The third-order valence-corrected chi connectivity index (χ3v) is 8.40. The predicted octanol–water partition coefficient (Wildman–Crippen LogP) is 4.01. The summed E-state index contributed by atoms with van der Waals surface area (Å²) >= 11 is 7.94. The number of amidine groups is 1. The lowest BCUT2D eigenvalue weighted by molar-refractivity contribution is 0.340. The Morgan fingerprint density at radius 2 is 1.93 bits per heavy atom. The maximum absolute atomic E-state index is 11.9. The summed E-state index contributed by atoms with van der Waals surface area (Å²) < 4.78 is 29.3. The van der Waals surface area contributed by atoms with E-state index in [-0.39, 0.29) is 22.8 Å². The van der Waals surface area contributed by atoms with Crippen molar-refractivity contribution in [3.8, 4) is 5.75 Å². The van der Waals surface area contributed by atoms with Crippen LogP contribution in [0, 0.1) is 0 Å². The molecule has 0 amide bonds. The summed E-state index contributed by atoms with van der Waals surface area (Å²) in [4.78, 5) is 6.86. The first kappa shape index (κ1) is 19.6. The number of halogens is 1. The third-order valence-electron chi connectivity index (χ3n) is 4.78. The van der Waals surface area contributed by atoms with E-state index in [0.29, 0.717) is 18.2 Å². The van der Waals surface area contributed by atoms with E-state index in [0.717, 1.165) is 22.2 Å². The molecule has 0 aliphatic carbocycles. The van der Waals surface area contributed by atoms with E-state index >= 15 is 0 Å². The molecule has 0 unspecified atom stereocenters. The molecular formula is C20H21ClN2O3S2. The van der Waals surface area contributed by atoms with Crippen LogP contribution < -0.4 is 9.64 Å². The molecule has 0 N–H and O–H groups in total. The molecule has 8 heteroatoms. The van der Waals surface area contributed by atoms with E-state index in [4.69, 9.17) is 21.3 Å².